The lowest BCUT2D eigenvalue weighted by Gasteiger charge is -2.26. The van der Waals surface area contributed by atoms with E-state index < -0.39 is 0 Å². The first-order valence-corrected chi connectivity index (χ1v) is 18.2. The predicted octanol–water partition coefficient (Wildman–Crippen LogP) is 13.6. The van der Waals surface area contributed by atoms with Gasteiger partial charge in [0.2, 0.25) is 0 Å². The molecule has 0 saturated carbocycles. The monoisotopic (exact) mass is 675 g/mol. The van der Waals surface area contributed by atoms with Gasteiger partial charge in [0.05, 0.1) is 22.1 Å². The van der Waals surface area contributed by atoms with Gasteiger partial charge < -0.3 is 4.90 Å². The summed E-state index contributed by atoms with van der Waals surface area (Å²) in [5, 5.41) is 3.90. The van der Waals surface area contributed by atoms with Gasteiger partial charge in [0, 0.05) is 33.2 Å². The van der Waals surface area contributed by atoms with Crippen LogP contribution in [0.15, 0.2) is 200 Å². The fourth-order valence-corrected chi connectivity index (χ4v) is 8.37. The first-order valence-electron chi connectivity index (χ1n) is 18.2. The first-order chi connectivity index (χ1) is 26.3. The highest BCUT2D eigenvalue weighted by Crippen LogP contribution is 2.43. The topological polar surface area (TPSA) is 12.1 Å². The van der Waals surface area contributed by atoms with Gasteiger partial charge in [-0.2, -0.15) is 0 Å². The number of imidazole rings is 1. The van der Waals surface area contributed by atoms with E-state index in [9.17, 15) is 0 Å². The highest BCUT2D eigenvalue weighted by molar-refractivity contribution is 6.24. The van der Waals surface area contributed by atoms with E-state index in [1.807, 2.05) is 0 Å². The number of para-hydroxylation sites is 3. The van der Waals surface area contributed by atoms with Gasteiger partial charge in [-0.05, 0) is 94.0 Å². The van der Waals surface area contributed by atoms with Crippen molar-refractivity contribution >= 4 is 60.9 Å². The molecule has 248 valence electrons. The van der Waals surface area contributed by atoms with Crippen molar-refractivity contribution in [3.05, 3.63) is 200 Å². The zero-order valence-corrected chi connectivity index (χ0v) is 28.9. The first kappa shape index (κ1) is 29.6. The highest BCUT2D eigenvalue weighted by atomic mass is 15.1. The van der Waals surface area contributed by atoms with Crippen molar-refractivity contribution in [2.24, 2.45) is 0 Å². The maximum Gasteiger partial charge on any atom is 0.131 e. The van der Waals surface area contributed by atoms with Gasteiger partial charge in [-0.15, -0.1) is 0 Å². The van der Waals surface area contributed by atoms with Gasteiger partial charge in [-0.3, -0.25) is 8.80 Å². The Labute approximate surface area is 307 Å². The third-order valence-electron chi connectivity index (χ3n) is 10.9. The van der Waals surface area contributed by atoms with Gasteiger partial charge in [0.25, 0.3) is 0 Å². The van der Waals surface area contributed by atoms with Crippen LogP contribution in [-0.2, 0) is 0 Å². The van der Waals surface area contributed by atoms with E-state index >= 15 is 0 Å². The number of rotatable bonds is 6. The molecule has 3 heterocycles. The number of aromatic nitrogens is 2. The fourth-order valence-electron chi connectivity index (χ4n) is 8.37. The smallest absolute Gasteiger partial charge is 0.131 e. The Kier molecular flexibility index (Phi) is 6.55. The molecular formula is C50H33N3. The molecule has 0 N–H and O–H groups in total. The Bertz CT molecular complexity index is 2970. The number of nitrogens with zero attached hydrogens (tertiary/aromatic N) is 3. The second-order valence-corrected chi connectivity index (χ2v) is 13.8. The quantitative estimate of drug-likeness (QED) is 0.171. The maximum atomic E-state index is 2.46. The predicted molar refractivity (Wildman–Crippen MR) is 223 cm³/mol. The summed E-state index contributed by atoms with van der Waals surface area (Å²) in [7, 11) is 0. The summed E-state index contributed by atoms with van der Waals surface area (Å²) in [5.41, 5.74) is 16.8. The molecule has 0 aliphatic heterocycles. The lowest BCUT2D eigenvalue weighted by atomic mass is 10.0. The van der Waals surface area contributed by atoms with E-state index in [2.05, 4.69) is 214 Å². The zero-order chi connectivity index (χ0) is 34.9. The lowest BCUT2D eigenvalue weighted by molar-refractivity contribution is 1.28. The maximum absolute atomic E-state index is 2.46. The van der Waals surface area contributed by atoms with E-state index in [1.54, 1.807) is 0 Å². The van der Waals surface area contributed by atoms with Gasteiger partial charge in [-0.25, -0.2) is 0 Å². The van der Waals surface area contributed by atoms with E-state index in [-0.39, 0.29) is 0 Å². The molecule has 3 nitrogen and oxygen atoms in total. The van der Waals surface area contributed by atoms with Crippen molar-refractivity contribution in [1.82, 2.24) is 8.80 Å². The van der Waals surface area contributed by atoms with Crippen molar-refractivity contribution in [1.29, 1.82) is 0 Å². The molecule has 0 bridgehead atoms. The van der Waals surface area contributed by atoms with E-state index in [4.69, 9.17) is 0 Å². The molecule has 3 aromatic heterocycles. The standard InChI is InChI=1S/C50H33N3/c1-3-11-34(12-4-1)36-19-26-40(27-20-36)51(41-28-21-37(22-29-41)35-13-5-2-6-14-35)42-30-23-38(24-31-42)39-25-32-44-48(33-39)53-47-18-10-9-17-46(47)52-45-16-8-7-15-43(45)49(44)50(52)53/h1-33H. The Balaban J connectivity index is 1.01. The Morgan fingerprint density at radius 2 is 0.660 bits per heavy atom. The van der Waals surface area contributed by atoms with Gasteiger partial charge in [0.1, 0.15) is 5.65 Å². The Morgan fingerprint density at radius 1 is 0.283 bits per heavy atom. The molecule has 0 unspecified atom stereocenters. The van der Waals surface area contributed by atoms with Crippen molar-refractivity contribution in [3.63, 3.8) is 0 Å². The normalized spacial score (nSPS) is 11.8. The minimum atomic E-state index is 1.11. The minimum absolute atomic E-state index is 1.11. The summed E-state index contributed by atoms with van der Waals surface area (Å²) in [6.45, 7) is 0. The third kappa shape index (κ3) is 4.61. The van der Waals surface area contributed by atoms with E-state index in [1.165, 1.54) is 77.3 Å². The SMILES string of the molecule is c1ccc(-c2ccc(N(c3ccc(-c4ccccc4)cc3)c3ccc(-c4ccc5c6c7ccccc7n7c8ccccc8n(c5c4)c67)cc3)cc2)cc1. The molecule has 11 rings (SSSR count). The molecule has 3 heteroatoms. The molecule has 0 spiro atoms. The average molecular weight is 676 g/mol. The van der Waals surface area contributed by atoms with Crippen LogP contribution < -0.4 is 4.90 Å². The number of fused-ring (bicyclic) bond motifs is 9. The van der Waals surface area contributed by atoms with Crippen molar-refractivity contribution in [2.75, 3.05) is 4.90 Å². The highest BCUT2D eigenvalue weighted by Gasteiger charge is 2.22. The van der Waals surface area contributed by atoms with Crippen molar-refractivity contribution in [2.45, 2.75) is 0 Å². The number of hydrogen-bond acceptors (Lipinski definition) is 1. The summed E-state index contributed by atoms with van der Waals surface area (Å²) in [6.07, 6.45) is 0. The van der Waals surface area contributed by atoms with Crippen LogP contribution in [0.25, 0.3) is 77.3 Å². The second-order valence-electron chi connectivity index (χ2n) is 13.8. The van der Waals surface area contributed by atoms with Crippen LogP contribution in [0.2, 0.25) is 0 Å². The van der Waals surface area contributed by atoms with Crippen molar-refractivity contribution < 1.29 is 0 Å². The molecule has 0 fully saturated rings. The molecule has 11 aromatic rings. The van der Waals surface area contributed by atoms with Crippen LogP contribution in [0.1, 0.15) is 0 Å². The van der Waals surface area contributed by atoms with Gasteiger partial charge in [0.15, 0.2) is 0 Å². The Hall–Kier alpha value is -7.10. The zero-order valence-electron chi connectivity index (χ0n) is 28.9. The summed E-state index contributed by atoms with van der Waals surface area (Å²) in [5.74, 6) is 0. The molecule has 0 radical (unpaired) electrons. The summed E-state index contributed by atoms with van der Waals surface area (Å²) in [6, 6.07) is 72.4. The van der Waals surface area contributed by atoms with Crippen LogP contribution in [0.5, 0.6) is 0 Å². The number of hydrogen-bond donors (Lipinski definition) is 0. The van der Waals surface area contributed by atoms with Crippen LogP contribution in [-0.4, -0.2) is 8.80 Å². The van der Waals surface area contributed by atoms with Crippen LogP contribution >= 0.6 is 0 Å². The molecular weight excluding hydrogens is 643 g/mol. The molecule has 0 atom stereocenters. The molecule has 0 amide bonds. The average Bonchev–Trinajstić information content (AvgIpc) is 3.87. The summed E-state index contributed by atoms with van der Waals surface area (Å²) >= 11 is 0. The largest absolute Gasteiger partial charge is 0.311 e. The third-order valence-corrected chi connectivity index (χ3v) is 10.9. The Morgan fingerprint density at radius 3 is 1.19 bits per heavy atom. The van der Waals surface area contributed by atoms with Crippen LogP contribution in [0.3, 0.4) is 0 Å². The van der Waals surface area contributed by atoms with Gasteiger partial charge >= 0.3 is 0 Å². The van der Waals surface area contributed by atoms with E-state index in [0.717, 1.165) is 17.1 Å². The van der Waals surface area contributed by atoms with Crippen molar-refractivity contribution in [3.8, 4) is 33.4 Å². The van der Waals surface area contributed by atoms with Gasteiger partial charge in [-0.1, -0.05) is 140 Å². The second kappa shape index (κ2) is 11.7. The summed E-state index contributed by atoms with van der Waals surface area (Å²) < 4.78 is 4.89. The van der Waals surface area contributed by atoms with Crippen LogP contribution in [0, 0.1) is 0 Å². The lowest BCUT2D eigenvalue weighted by Crippen LogP contribution is -2.09. The molecule has 0 aliphatic rings. The fraction of sp³-hybridized carbons (Fsp3) is 0. The molecule has 8 aromatic carbocycles. The number of anilines is 3. The molecule has 0 aliphatic carbocycles. The molecule has 0 saturated heterocycles. The number of benzene rings is 8. The minimum Gasteiger partial charge on any atom is -0.311 e. The van der Waals surface area contributed by atoms with Crippen LogP contribution in [0.4, 0.5) is 17.1 Å². The summed E-state index contributed by atoms with van der Waals surface area (Å²) in [4.78, 5) is 2.34. The van der Waals surface area contributed by atoms with E-state index in [0.29, 0.717) is 0 Å². The molecule has 53 heavy (non-hydrogen) atoms.